The predicted molar refractivity (Wildman–Crippen MR) is 139 cm³/mol. The van der Waals surface area contributed by atoms with Gasteiger partial charge in [0.15, 0.2) is 0 Å². The van der Waals surface area contributed by atoms with E-state index < -0.39 is 23.4 Å². The van der Waals surface area contributed by atoms with Gasteiger partial charge < -0.3 is 30.5 Å². The van der Waals surface area contributed by atoms with E-state index in [-0.39, 0.29) is 23.2 Å². The van der Waals surface area contributed by atoms with E-state index in [1.54, 1.807) is 19.1 Å². The Morgan fingerprint density at radius 3 is 2.67 bits per heavy atom. The van der Waals surface area contributed by atoms with E-state index in [2.05, 4.69) is 25.5 Å². The van der Waals surface area contributed by atoms with Gasteiger partial charge in [0.05, 0.1) is 28.6 Å². The third-order valence-electron chi connectivity index (χ3n) is 5.95. The first kappa shape index (κ1) is 25.6. The van der Waals surface area contributed by atoms with Crippen LogP contribution in [0, 0.1) is 5.82 Å². The molecular weight excluding hydrogens is 487 g/mol. The van der Waals surface area contributed by atoms with E-state index in [0.29, 0.717) is 35.3 Å². The highest BCUT2D eigenvalue weighted by atomic mass is 35.5. The summed E-state index contributed by atoms with van der Waals surface area (Å²) in [5.41, 5.74) is 0.896. The Labute approximate surface area is 212 Å². The number of nitrogens with zero attached hydrogens (tertiary/aromatic N) is 3. The topological polar surface area (TPSA) is 114 Å². The molecule has 2 aromatic heterocycles. The van der Waals surface area contributed by atoms with Crippen molar-refractivity contribution < 1.29 is 14.3 Å². The number of nitrogens with one attached hydrogen (secondary N) is 3. The number of rotatable bonds is 7. The van der Waals surface area contributed by atoms with Crippen molar-refractivity contribution in [2.75, 3.05) is 50.0 Å². The number of amides is 1. The summed E-state index contributed by atoms with van der Waals surface area (Å²) in [6.07, 6.45) is 2.24. The summed E-state index contributed by atoms with van der Waals surface area (Å²) in [5, 5.41) is 15.7. The normalized spacial score (nSPS) is 15.0. The molecule has 0 saturated carbocycles. The second-order valence-corrected chi connectivity index (χ2v) is 9.23. The van der Waals surface area contributed by atoms with Crippen molar-refractivity contribution in [2.45, 2.75) is 13.0 Å². The van der Waals surface area contributed by atoms with Crippen LogP contribution >= 0.6 is 11.6 Å². The van der Waals surface area contributed by atoms with Gasteiger partial charge in [-0.2, -0.15) is 0 Å². The maximum atomic E-state index is 14.7. The molecule has 1 fully saturated rings. The van der Waals surface area contributed by atoms with Crippen LogP contribution in [0.4, 0.5) is 21.6 Å². The zero-order valence-electron chi connectivity index (χ0n) is 20.0. The van der Waals surface area contributed by atoms with E-state index >= 15 is 0 Å². The van der Waals surface area contributed by atoms with Crippen molar-refractivity contribution in [2.24, 2.45) is 0 Å². The molecule has 0 radical (unpaired) electrons. The van der Waals surface area contributed by atoms with Crippen molar-refractivity contribution >= 4 is 34.7 Å². The first-order valence-electron chi connectivity index (χ1n) is 11.6. The number of aliphatic hydroxyl groups excluding tert-OH is 1. The van der Waals surface area contributed by atoms with E-state index in [0.717, 1.165) is 13.1 Å². The number of hydrogen-bond acceptors (Lipinski definition) is 7. The summed E-state index contributed by atoms with van der Waals surface area (Å²) in [6.45, 7) is 4.59. The van der Waals surface area contributed by atoms with E-state index in [1.807, 2.05) is 11.9 Å². The second-order valence-electron chi connectivity index (χ2n) is 8.79. The number of carbonyl (C=O) groups excluding carboxylic acids is 1. The van der Waals surface area contributed by atoms with Gasteiger partial charge in [0, 0.05) is 55.7 Å². The van der Waals surface area contributed by atoms with E-state index in [4.69, 9.17) is 11.6 Å². The number of pyridine rings is 2. The Kier molecular flexibility index (Phi) is 7.88. The molecule has 1 saturated heterocycles. The first-order chi connectivity index (χ1) is 17.2. The van der Waals surface area contributed by atoms with Gasteiger partial charge in [-0.25, -0.2) is 4.39 Å². The minimum absolute atomic E-state index is 0.0707. The highest BCUT2D eigenvalue weighted by Crippen LogP contribution is 2.32. The van der Waals surface area contributed by atoms with Gasteiger partial charge in [0.25, 0.3) is 11.5 Å². The van der Waals surface area contributed by atoms with Crippen LogP contribution in [0.3, 0.4) is 0 Å². The molecule has 4 rings (SSSR count). The predicted octanol–water partition coefficient (Wildman–Crippen LogP) is 2.84. The number of aliphatic hydroxyl groups is 1. The van der Waals surface area contributed by atoms with Crippen LogP contribution in [0.1, 0.15) is 17.3 Å². The molecule has 0 aliphatic carbocycles. The molecule has 36 heavy (non-hydrogen) atoms. The Balaban J connectivity index is 1.79. The van der Waals surface area contributed by atoms with Crippen LogP contribution < -0.4 is 21.1 Å². The number of anilines is 3. The number of carbonyl (C=O) groups is 1. The van der Waals surface area contributed by atoms with Gasteiger partial charge in [-0.3, -0.25) is 14.6 Å². The van der Waals surface area contributed by atoms with Gasteiger partial charge in [0.2, 0.25) is 0 Å². The SMILES string of the molecule is CC(O)CNC(=O)c1cnccc1Nc1cc(-c2cc(Cl)ccc2F)c(=O)[nH]c1N1CCN(C)CC1. The molecule has 3 heterocycles. The highest BCUT2D eigenvalue weighted by Gasteiger charge is 2.22. The van der Waals surface area contributed by atoms with Gasteiger partial charge in [-0.05, 0) is 44.3 Å². The average Bonchev–Trinajstić information content (AvgIpc) is 2.86. The van der Waals surface area contributed by atoms with Crippen molar-refractivity contribution in [3.05, 3.63) is 69.5 Å². The van der Waals surface area contributed by atoms with Gasteiger partial charge >= 0.3 is 0 Å². The largest absolute Gasteiger partial charge is 0.392 e. The molecule has 1 unspecified atom stereocenters. The van der Waals surface area contributed by atoms with Crippen LogP contribution in [0.25, 0.3) is 11.1 Å². The first-order valence-corrected chi connectivity index (χ1v) is 11.9. The lowest BCUT2D eigenvalue weighted by Gasteiger charge is -2.34. The lowest BCUT2D eigenvalue weighted by molar-refractivity contribution is 0.0924. The molecule has 190 valence electrons. The third kappa shape index (κ3) is 5.84. The Morgan fingerprint density at radius 2 is 1.94 bits per heavy atom. The Bertz CT molecular complexity index is 1310. The lowest BCUT2D eigenvalue weighted by atomic mass is 10.1. The fraction of sp³-hybridized carbons (Fsp3) is 0.320. The van der Waals surface area contributed by atoms with Gasteiger partial charge in [0.1, 0.15) is 11.6 Å². The molecule has 1 atom stereocenters. The van der Waals surface area contributed by atoms with Crippen LogP contribution in [0.15, 0.2) is 47.5 Å². The minimum atomic E-state index is -0.708. The minimum Gasteiger partial charge on any atom is -0.392 e. The maximum Gasteiger partial charge on any atom is 0.257 e. The Hall–Kier alpha value is -3.47. The van der Waals surface area contributed by atoms with Crippen LogP contribution in [-0.4, -0.2) is 71.8 Å². The van der Waals surface area contributed by atoms with Crippen molar-refractivity contribution in [3.8, 4) is 11.1 Å². The molecule has 1 amide bonds. The number of aromatic nitrogens is 2. The van der Waals surface area contributed by atoms with E-state index in [9.17, 15) is 19.1 Å². The fourth-order valence-corrected chi connectivity index (χ4v) is 4.14. The number of H-pyrrole nitrogens is 1. The molecule has 9 nitrogen and oxygen atoms in total. The lowest BCUT2D eigenvalue weighted by Crippen LogP contribution is -2.45. The fourth-order valence-electron chi connectivity index (χ4n) is 3.96. The number of halogens is 2. The summed E-state index contributed by atoms with van der Waals surface area (Å²) in [5.74, 6) is -0.463. The summed E-state index contributed by atoms with van der Waals surface area (Å²) in [7, 11) is 2.03. The second kappa shape index (κ2) is 11.1. The molecule has 0 spiro atoms. The molecular formula is C25H28ClFN6O3. The quantitative estimate of drug-likeness (QED) is 0.383. The van der Waals surface area contributed by atoms with E-state index in [1.165, 1.54) is 30.6 Å². The molecule has 0 bridgehead atoms. The van der Waals surface area contributed by atoms with Crippen LogP contribution in [-0.2, 0) is 0 Å². The van der Waals surface area contributed by atoms with Crippen molar-refractivity contribution in [1.29, 1.82) is 0 Å². The molecule has 11 heteroatoms. The smallest absolute Gasteiger partial charge is 0.257 e. The zero-order valence-corrected chi connectivity index (χ0v) is 20.8. The zero-order chi connectivity index (χ0) is 25.8. The summed E-state index contributed by atoms with van der Waals surface area (Å²) in [6, 6.07) is 7.24. The summed E-state index contributed by atoms with van der Waals surface area (Å²) in [4.78, 5) is 37.1. The molecule has 4 N–H and O–H groups in total. The molecule has 1 aromatic carbocycles. The number of benzene rings is 1. The third-order valence-corrected chi connectivity index (χ3v) is 6.19. The molecule has 1 aliphatic rings. The number of aromatic amines is 1. The molecule has 3 aromatic rings. The monoisotopic (exact) mass is 514 g/mol. The maximum absolute atomic E-state index is 14.7. The molecule has 1 aliphatic heterocycles. The average molecular weight is 515 g/mol. The van der Waals surface area contributed by atoms with Crippen LogP contribution in [0.2, 0.25) is 5.02 Å². The van der Waals surface area contributed by atoms with Gasteiger partial charge in [-0.15, -0.1) is 0 Å². The van der Waals surface area contributed by atoms with Crippen molar-refractivity contribution in [3.63, 3.8) is 0 Å². The number of likely N-dealkylation sites (N-methyl/N-ethyl adjacent to an activating group) is 1. The number of piperazine rings is 1. The standard InChI is InChI=1S/C25H28ClFN6O3/c1-15(34)13-29-24(35)19-14-28-6-5-21(19)30-22-12-18(17-11-16(26)3-4-20(17)27)25(36)31-23(22)33-9-7-32(2)8-10-33/h3-6,11-12,14-15,34H,7-10,13H2,1-2H3,(H,28,30)(H,29,35)(H,31,36). The van der Waals surface area contributed by atoms with Crippen LogP contribution in [0.5, 0.6) is 0 Å². The highest BCUT2D eigenvalue weighted by molar-refractivity contribution is 6.30. The Morgan fingerprint density at radius 1 is 1.19 bits per heavy atom. The summed E-state index contributed by atoms with van der Waals surface area (Å²) < 4.78 is 14.7. The summed E-state index contributed by atoms with van der Waals surface area (Å²) >= 11 is 6.09. The number of hydrogen-bond donors (Lipinski definition) is 4. The van der Waals surface area contributed by atoms with Gasteiger partial charge in [-0.1, -0.05) is 11.6 Å². The van der Waals surface area contributed by atoms with Crippen molar-refractivity contribution in [1.82, 2.24) is 20.2 Å².